The number of amidine groups is 1. The predicted molar refractivity (Wildman–Crippen MR) is 107 cm³/mol. The number of Topliss-reactive ketones (excluding diaryl/α,β-unsaturated/α-hetero) is 1. The lowest BCUT2D eigenvalue weighted by Gasteiger charge is -2.39. The maximum atomic E-state index is 15.0. The number of ether oxygens (including phenoxy) is 2. The van der Waals surface area contributed by atoms with Gasteiger partial charge in [-0.05, 0) is 30.7 Å². The summed E-state index contributed by atoms with van der Waals surface area (Å²) in [5.74, 6) is -5.14. The van der Waals surface area contributed by atoms with Gasteiger partial charge in [0, 0.05) is 32.0 Å². The Labute approximate surface area is 181 Å². The quantitative estimate of drug-likeness (QED) is 0.647. The molecular weight excluding hydrogens is 427 g/mol. The third-order valence-corrected chi connectivity index (χ3v) is 5.08. The number of ketones is 1. The van der Waals surface area contributed by atoms with Gasteiger partial charge >= 0.3 is 5.92 Å². The first kappa shape index (κ1) is 23.1. The van der Waals surface area contributed by atoms with Crippen LogP contribution in [0, 0.1) is 24.1 Å². The molecular formula is C21H20F3N5O3. The molecule has 1 aliphatic heterocycles. The monoisotopic (exact) mass is 447 g/mol. The van der Waals surface area contributed by atoms with Crippen LogP contribution in [0.4, 0.5) is 13.2 Å². The van der Waals surface area contributed by atoms with E-state index < -0.39 is 47.8 Å². The summed E-state index contributed by atoms with van der Waals surface area (Å²) < 4.78 is 54.4. The molecule has 0 unspecified atom stereocenters. The van der Waals surface area contributed by atoms with Gasteiger partial charge in [-0.1, -0.05) is 0 Å². The lowest BCUT2D eigenvalue weighted by atomic mass is 9.83. The molecule has 2 aromatic rings. The van der Waals surface area contributed by atoms with Crippen LogP contribution in [-0.4, -0.2) is 48.0 Å². The van der Waals surface area contributed by atoms with E-state index in [1.54, 1.807) is 6.92 Å². The minimum atomic E-state index is -3.64. The van der Waals surface area contributed by atoms with Crippen molar-refractivity contribution in [3.8, 4) is 6.07 Å². The van der Waals surface area contributed by atoms with Crippen LogP contribution in [0.25, 0.3) is 0 Å². The van der Waals surface area contributed by atoms with Crippen molar-refractivity contribution in [1.29, 1.82) is 5.26 Å². The fourth-order valence-electron chi connectivity index (χ4n) is 3.47. The summed E-state index contributed by atoms with van der Waals surface area (Å²) in [4.78, 5) is 24.5. The third kappa shape index (κ3) is 4.27. The summed E-state index contributed by atoms with van der Waals surface area (Å²) in [5, 5.41) is 8.93. The van der Waals surface area contributed by atoms with Crippen molar-refractivity contribution < 1.29 is 27.4 Å². The molecule has 0 fully saturated rings. The van der Waals surface area contributed by atoms with Crippen molar-refractivity contribution in [3.05, 3.63) is 58.4 Å². The topological polar surface area (TPSA) is 123 Å². The first-order chi connectivity index (χ1) is 15.1. The molecule has 11 heteroatoms. The lowest BCUT2D eigenvalue weighted by Crippen LogP contribution is -2.54. The number of rotatable bonds is 7. The van der Waals surface area contributed by atoms with Gasteiger partial charge < -0.3 is 15.2 Å². The molecule has 0 bridgehead atoms. The Kier molecular flexibility index (Phi) is 6.45. The van der Waals surface area contributed by atoms with Gasteiger partial charge in [0.1, 0.15) is 23.3 Å². The van der Waals surface area contributed by atoms with Crippen LogP contribution >= 0.6 is 0 Å². The number of halogens is 3. The standard InChI is InChI=1S/C21H20F3N5O3/c1-12-7-13(9-25)10-27-17(12)16(30)8-14-3-4-15(22)18(28-14)20(5-6-31-2)21(23,24)11-32-19(26)29-20/h3-4,7,10H,5-6,8,11H2,1-2H3,(H2,26,29)/t20-/m0/s1. The summed E-state index contributed by atoms with van der Waals surface area (Å²) in [7, 11) is 1.31. The van der Waals surface area contributed by atoms with Gasteiger partial charge in [-0.15, -0.1) is 0 Å². The number of carbonyl (C=O) groups excluding carboxylic acids is 1. The molecule has 0 aromatic carbocycles. The average molecular weight is 447 g/mol. The smallest absolute Gasteiger partial charge is 0.312 e. The van der Waals surface area contributed by atoms with Crippen molar-refractivity contribution in [3.63, 3.8) is 0 Å². The van der Waals surface area contributed by atoms with Crippen molar-refractivity contribution in [2.24, 2.45) is 10.7 Å². The van der Waals surface area contributed by atoms with Gasteiger partial charge in [-0.25, -0.2) is 9.38 Å². The first-order valence-corrected chi connectivity index (χ1v) is 9.54. The van der Waals surface area contributed by atoms with Crippen LogP contribution < -0.4 is 5.73 Å². The molecule has 3 rings (SSSR count). The number of carbonyl (C=O) groups is 1. The number of nitrogens with two attached hydrogens (primary N) is 1. The molecule has 0 radical (unpaired) electrons. The van der Waals surface area contributed by atoms with Crippen LogP contribution in [0.5, 0.6) is 0 Å². The second-order valence-electron chi connectivity index (χ2n) is 7.28. The summed E-state index contributed by atoms with van der Waals surface area (Å²) in [6.07, 6.45) is 0.510. The predicted octanol–water partition coefficient (Wildman–Crippen LogP) is 2.43. The van der Waals surface area contributed by atoms with Crippen LogP contribution in [0.3, 0.4) is 0 Å². The SMILES string of the molecule is COCC[C@@]1(c2nc(CC(=O)c3ncc(C#N)cc3C)ccc2F)N=C(N)OCC1(F)F. The highest BCUT2D eigenvalue weighted by molar-refractivity contribution is 5.96. The summed E-state index contributed by atoms with van der Waals surface area (Å²) >= 11 is 0. The Morgan fingerprint density at radius 3 is 2.81 bits per heavy atom. The fourth-order valence-corrected chi connectivity index (χ4v) is 3.47. The van der Waals surface area contributed by atoms with Gasteiger partial charge in [0.05, 0.1) is 12.0 Å². The maximum Gasteiger partial charge on any atom is 0.312 e. The molecule has 32 heavy (non-hydrogen) atoms. The number of pyridine rings is 2. The van der Waals surface area contributed by atoms with Crippen molar-refractivity contribution in [1.82, 2.24) is 9.97 Å². The van der Waals surface area contributed by atoms with Crippen LogP contribution in [-0.2, 0) is 21.4 Å². The van der Waals surface area contributed by atoms with Crippen LogP contribution in [0.15, 0.2) is 29.4 Å². The van der Waals surface area contributed by atoms with E-state index in [2.05, 4.69) is 19.7 Å². The number of aryl methyl sites for hydroxylation is 1. The number of nitriles is 1. The van der Waals surface area contributed by atoms with Crippen molar-refractivity contribution >= 4 is 11.8 Å². The molecule has 8 nitrogen and oxygen atoms in total. The highest BCUT2D eigenvalue weighted by Gasteiger charge is 2.60. The largest absolute Gasteiger partial charge is 0.459 e. The molecule has 0 saturated heterocycles. The number of aromatic nitrogens is 2. The fraction of sp³-hybridized carbons (Fsp3) is 0.381. The number of aliphatic imine (C=N–C) groups is 1. The third-order valence-electron chi connectivity index (χ3n) is 5.08. The van der Waals surface area contributed by atoms with Gasteiger partial charge in [0.15, 0.2) is 17.9 Å². The average Bonchev–Trinajstić information content (AvgIpc) is 2.75. The molecule has 3 heterocycles. The first-order valence-electron chi connectivity index (χ1n) is 9.54. The van der Waals surface area contributed by atoms with Crippen molar-refractivity contribution in [2.45, 2.75) is 31.2 Å². The Balaban J connectivity index is 2.03. The van der Waals surface area contributed by atoms with E-state index in [1.165, 1.54) is 25.4 Å². The second-order valence-corrected chi connectivity index (χ2v) is 7.28. The van der Waals surface area contributed by atoms with E-state index in [9.17, 15) is 9.18 Å². The molecule has 2 N–H and O–H groups in total. The van der Waals surface area contributed by atoms with E-state index >= 15 is 8.78 Å². The van der Waals surface area contributed by atoms with E-state index in [4.69, 9.17) is 15.7 Å². The lowest BCUT2D eigenvalue weighted by molar-refractivity contribution is -0.131. The normalized spacial score (nSPS) is 19.6. The number of hydrogen-bond donors (Lipinski definition) is 1. The molecule has 1 aliphatic rings. The Morgan fingerprint density at radius 2 is 2.16 bits per heavy atom. The molecule has 0 spiro atoms. The van der Waals surface area contributed by atoms with Gasteiger partial charge in [-0.3, -0.25) is 14.8 Å². The van der Waals surface area contributed by atoms with Crippen LogP contribution in [0.1, 0.15) is 39.4 Å². The highest BCUT2D eigenvalue weighted by Crippen LogP contribution is 2.46. The zero-order chi connectivity index (χ0) is 23.5. The van der Waals surface area contributed by atoms with Gasteiger partial charge in [0.2, 0.25) is 0 Å². The number of alkyl halides is 2. The second kappa shape index (κ2) is 8.92. The minimum Gasteiger partial charge on any atom is -0.459 e. The summed E-state index contributed by atoms with van der Waals surface area (Å²) in [6.45, 7) is 0.333. The molecule has 2 aromatic heterocycles. The Hall–Kier alpha value is -3.52. The van der Waals surface area contributed by atoms with Gasteiger partial charge in [0.25, 0.3) is 6.02 Å². The summed E-state index contributed by atoms with van der Waals surface area (Å²) in [5.41, 5.74) is 3.34. The molecule has 168 valence electrons. The molecule has 0 aliphatic carbocycles. The number of methoxy groups -OCH3 is 1. The molecule has 0 saturated carbocycles. The van der Waals surface area contributed by atoms with Gasteiger partial charge in [-0.2, -0.15) is 14.0 Å². The van der Waals surface area contributed by atoms with Crippen molar-refractivity contribution in [2.75, 3.05) is 20.3 Å². The number of hydrogen-bond acceptors (Lipinski definition) is 8. The zero-order valence-corrected chi connectivity index (χ0v) is 17.4. The minimum absolute atomic E-state index is 0.0461. The molecule has 1 atom stereocenters. The van der Waals surface area contributed by atoms with E-state index in [0.717, 1.165) is 6.07 Å². The summed E-state index contributed by atoms with van der Waals surface area (Å²) in [6, 6.07) is 5.09. The van der Waals surface area contributed by atoms with E-state index in [0.29, 0.717) is 11.1 Å². The highest BCUT2D eigenvalue weighted by atomic mass is 19.3. The number of nitrogens with zero attached hydrogens (tertiary/aromatic N) is 4. The molecule has 0 amide bonds. The van der Waals surface area contributed by atoms with E-state index in [1.807, 2.05) is 6.07 Å². The van der Waals surface area contributed by atoms with Crippen LogP contribution in [0.2, 0.25) is 0 Å². The zero-order valence-electron chi connectivity index (χ0n) is 17.4. The van der Waals surface area contributed by atoms with E-state index in [-0.39, 0.29) is 24.4 Å². The Morgan fingerprint density at radius 1 is 1.41 bits per heavy atom. The Bertz CT molecular complexity index is 1120. The maximum absolute atomic E-state index is 15.0.